The monoisotopic (exact) mass is 382 g/mol. The van der Waals surface area contributed by atoms with E-state index in [1.54, 1.807) is 24.3 Å². The smallest absolute Gasteiger partial charge is 0.315 e. The highest BCUT2D eigenvalue weighted by Gasteiger charge is 2.19. The summed E-state index contributed by atoms with van der Waals surface area (Å²) < 4.78 is 4.91. The fourth-order valence-corrected chi connectivity index (χ4v) is 2.32. The Balaban J connectivity index is 1.80. The highest BCUT2D eigenvalue weighted by molar-refractivity contribution is 5.83. The number of nitrogens with zero attached hydrogens (tertiary/aromatic N) is 4. The fourth-order valence-electron chi connectivity index (χ4n) is 2.32. The van der Waals surface area contributed by atoms with E-state index in [1.807, 2.05) is 6.07 Å². The molecular weight excluding hydrogens is 368 g/mol. The lowest BCUT2D eigenvalue weighted by Gasteiger charge is -2.05. The summed E-state index contributed by atoms with van der Waals surface area (Å²) in [4.78, 5) is 24.9. The molecule has 1 heterocycles. The molecule has 0 atom stereocenters. The molecule has 0 saturated carbocycles. The lowest BCUT2D eigenvalue weighted by atomic mass is 10.2. The summed E-state index contributed by atoms with van der Waals surface area (Å²) >= 11 is 0. The van der Waals surface area contributed by atoms with E-state index in [0.717, 1.165) is 6.07 Å². The van der Waals surface area contributed by atoms with Gasteiger partial charge in [-0.3, -0.25) is 19.9 Å². The van der Waals surface area contributed by atoms with Gasteiger partial charge in [0.2, 0.25) is 11.7 Å². The molecule has 11 heteroatoms. The second-order valence-corrected chi connectivity index (χ2v) is 5.44. The number of nitrogens with one attached hydrogen (secondary N) is 2. The Morgan fingerprint density at radius 1 is 1.29 bits per heavy atom. The molecule has 1 aromatic heterocycles. The number of aromatic nitrogens is 3. The summed E-state index contributed by atoms with van der Waals surface area (Å²) in [5.41, 5.74) is 2.56. The number of methoxy groups -OCH3 is 1. The minimum Gasteiger partial charge on any atom is -0.500 e. The number of anilines is 1. The first-order valence-corrected chi connectivity index (χ1v) is 7.86. The Morgan fingerprint density at radius 3 is 2.68 bits per heavy atom. The summed E-state index contributed by atoms with van der Waals surface area (Å²) in [6.07, 6.45) is 1.24. The van der Waals surface area contributed by atoms with Gasteiger partial charge < -0.3 is 9.84 Å². The second kappa shape index (κ2) is 7.95. The molecule has 0 amide bonds. The SMILES string of the molecule is COc1cc(C=NNc2nnc(-c3ccccc3)c(=O)[nH]2)cc([N+](=O)[O-])c1O. The van der Waals surface area contributed by atoms with Crippen LogP contribution in [-0.2, 0) is 0 Å². The Labute approximate surface area is 157 Å². The second-order valence-electron chi connectivity index (χ2n) is 5.44. The van der Waals surface area contributed by atoms with E-state index >= 15 is 0 Å². The van der Waals surface area contributed by atoms with Crippen LogP contribution in [0.25, 0.3) is 11.3 Å². The molecular formula is C17H14N6O5. The van der Waals surface area contributed by atoms with Gasteiger partial charge in [-0.25, -0.2) is 5.43 Å². The molecule has 0 unspecified atom stereocenters. The summed E-state index contributed by atoms with van der Waals surface area (Å²) in [7, 11) is 1.27. The van der Waals surface area contributed by atoms with Crippen LogP contribution in [-0.4, -0.2) is 38.5 Å². The third-order valence-electron chi connectivity index (χ3n) is 3.62. The zero-order chi connectivity index (χ0) is 20.1. The number of phenolic OH excluding ortho intramolecular Hbond substituents is 1. The van der Waals surface area contributed by atoms with Crippen LogP contribution in [0.2, 0.25) is 0 Å². The Hall–Kier alpha value is -4.28. The van der Waals surface area contributed by atoms with Crippen molar-refractivity contribution in [2.45, 2.75) is 0 Å². The molecule has 2 aromatic carbocycles. The third kappa shape index (κ3) is 3.93. The molecule has 0 aliphatic carbocycles. The van der Waals surface area contributed by atoms with Gasteiger partial charge in [0, 0.05) is 17.2 Å². The molecule has 0 bridgehead atoms. The quantitative estimate of drug-likeness (QED) is 0.331. The van der Waals surface area contributed by atoms with E-state index in [9.17, 15) is 20.0 Å². The molecule has 0 fully saturated rings. The first-order valence-electron chi connectivity index (χ1n) is 7.86. The Morgan fingerprint density at radius 2 is 2.04 bits per heavy atom. The summed E-state index contributed by atoms with van der Waals surface area (Å²) in [5, 5.41) is 32.3. The van der Waals surface area contributed by atoms with Crippen LogP contribution in [0.3, 0.4) is 0 Å². The first kappa shape index (κ1) is 18.5. The third-order valence-corrected chi connectivity index (χ3v) is 3.62. The van der Waals surface area contributed by atoms with Gasteiger partial charge in [0.05, 0.1) is 18.2 Å². The summed E-state index contributed by atoms with van der Waals surface area (Å²) in [6, 6.07) is 11.3. The molecule has 28 heavy (non-hydrogen) atoms. The van der Waals surface area contributed by atoms with Crippen molar-refractivity contribution in [3.63, 3.8) is 0 Å². The molecule has 0 spiro atoms. The number of aromatic amines is 1. The molecule has 0 radical (unpaired) electrons. The first-order chi connectivity index (χ1) is 13.5. The average Bonchev–Trinajstić information content (AvgIpc) is 2.69. The maximum Gasteiger partial charge on any atom is 0.315 e. The van der Waals surface area contributed by atoms with Crippen molar-refractivity contribution < 1.29 is 14.8 Å². The standard InChI is InChI=1S/C17H14N6O5/c1-28-13-8-10(7-12(15(13)24)23(26)27)9-18-21-17-19-16(25)14(20-22-17)11-5-3-2-4-6-11/h2-9,24H,1H3,(H2,19,21,22,25). The minimum atomic E-state index is -0.742. The van der Waals surface area contributed by atoms with Gasteiger partial charge in [0.1, 0.15) is 0 Å². The Bertz CT molecular complexity index is 1100. The molecule has 3 aromatic rings. The van der Waals surface area contributed by atoms with Gasteiger partial charge in [-0.2, -0.15) is 5.10 Å². The van der Waals surface area contributed by atoms with E-state index in [1.165, 1.54) is 19.4 Å². The predicted octanol–water partition coefficient (Wildman–Crippen LogP) is 1.90. The van der Waals surface area contributed by atoms with E-state index in [2.05, 4.69) is 25.7 Å². The lowest BCUT2D eigenvalue weighted by molar-refractivity contribution is -0.386. The topological polar surface area (TPSA) is 156 Å². The van der Waals surface area contributed by atoms with Crippen molar-refractivity contribution in [1.82, 2.24) is 15.2 Å². The van der Waals surface area contributed by atoms with Crippen molar-refractivity contribution >= 4 is 17.9 Å². The van der Waals surface area contributed by atoms with Crippen LogP contribution in [0.1, 0.15) is 5.56 Å². The number of phenols is 1. The maximum absolute atomic E-state index is 12.1. The number of nitro benzene ring substituents is 1. The van der Waals surface area contributed by atoms with E-state index in [-0.39, 0.29) is 23.0 Å². The highest BCUT2D eigenvalue weighted by atomic mass is 16.6. The normalized spacial score (nSPS) is 10.8. The Kier molecular flexibility index (Phi) is 5.25. The van der Waals surface area contributed by atoms with Gasteiger partial charge in [-0.1, -0.05) is 30.3 Å². The number of aromatic hydroxyl groups is 1. The van der Waals surface area contributed by atoms with E-state index in [0.29, 0.717) is 5.56 Å². The zero-order valence-electron chi connectivity index (χ0n) is 14.5. The fraction of sp³-hybridized carbons (Fsp3) is 0.0588. The number of hydrogen-bond donors (Lipinski definition) is 3. The minimum absolute atomic E-state index is 0.0128. The molecule has 3 rings (SSSR count). The van der Waals surface area contributed by atoms with E-state index < -0.39 is 21.9 Å². The van der Waals surface area contributed by atoms with Gasteiger partial charge in [-0.15, -0.1) is 10.2 Å². The largest absolute Gasteiger partial charge is 0.500 e. The molecule has 142 valence electrons. The number of nitro groups is 1. The average molecular weight is 382 g/mol. The van der Waals surface area contributed by atoms with Crippen molar-refractivity contribution in [2.75, 3.05) is 12.5 Å². The number of benzene rings is 2. The maximum atomic E-state index is 12.1. The number of hydrazone groups is 1. The van der Waals surface area contributed by atoms with Gasteiger partial charge in [-0.05, 0) is 6.07 Å². The molecule has 0 aliphatic heterocycles. The summed E-state index contributed by atoms with van der Waals surface area (Å²) in [6.45, 7) is 0. The number of ether oxygens (including phenoxy) is 1. The van der Waals surface area contributed by atoms with E-state index in [4.69, 9.17) is 4.74 Å². The number of rotatable bonds is 6. The molecule has 0 aliphatic rings. The van der Waals surface area contributed by atoms with Crippen LogP contribution in [0.15, 0.2) is 52.4 Å². The predicted molar refractivity (Wildman–Crippen MR) is 101 cm³/mol. The number of hydrogen-bond acceptors (Lipinski definition) is 9. The van der Waals surface area contributed by atoms with Crippen LogP contribution in [0.5, 0.6) is 11.5 Å². The number of H-pyrrole nitrogens is 1. The van der Waals surface area contributed by atoms with Gasteiger partial charge in [0.15, 0.2) is 11.4 Å². The zero-order valence-corrected chi connectivity index (χ0v) is 14.5. The lowest BCUT2D eigenvalue weighted by Crippen LogP contribution is -2.15. The van der Waals surface area contributed by atoms with Crippen LogP contribution < -0.4 is 15.7 Å². The van der Waals surface area contributed by atoms with Crippen molar-refractivity contribution in [2.24, 2.45) is 5.10 Å². The van der Waals surface area contributed by atoms with Crippen LogP contribution in [0, 0.1) is 10.1 Å². The summed E-state index contributed by atoms with van der Waals surface area (Å²) in [5.74, 6) is -0.665. The molecule has 3 N–H and O–H groups in total. The highest BCUT2D eigenvalue weighted by Crippen LogP contribution is 2.36. The van der Waals surface area contributed by atoms with Crippen molar-refractivity contribution in [3.05, 3.63) is 68.5 Å². The van der Waals surface area contributed by atoms with Crippen molar-refractivity contribution in [1.29, 1.82) is 0 Å². The van der Waals surface area contributed by atoms with Crippen LogP contribution >= 0.6 is 0 Å². The van der Waals surface area contributed by atoms with Crippen molar-refractivity contribution in [3.8, 4) is 22.8 Å². The molecule has 0 saturated heterocycles. The molecule has 11 nitrogen and oxygen atoms in total. The van der Waals surface area contributed by atoms with Crippen LogP contribution in [0.4, 0.5) is 11.6 Å². The van der Waals surface area contributed by atoms with Gasteiger partial charge >= 0.3 is 5.69 Å². The van der Waals surface area contributed by atoms with Gasteiger partial charge in [0.25, 0.3) is 5.56 Å².